The maximum Gasteiger partial charge on any atom is 0.230 e. The summed E-state index contributed by atoms with van der Waals surface area (Å²) in [5.41, 5.74) is 4.68. The van der Waals surface area contributed by atoms with Gasteiger partial charge in [-0.15, -0.1) is 0 Å². The van der Waals surface area contributed by atoms with E-state index in [9.17, 15) is 0 Å². The Morgan fingerprint density at radius 1 is 0.903 bits per heavy atom. The third kappa shape index (κ3) is 4.59. The van der Waals surface area contributed by atoms with Crippen molar-refractivity contribution in [1.29, 1.82) is 5.26 Å². The van der Waals surface area contributed by atoms with Crippen LogP contribution in [-0.2, 0) is 6.42 Å². The lowest BCUT2D eigenvalue weighted by Gasteiger charge is -2.07. The molecule has 0 bridgehead atoms. The fraction of sp³-hybridized carbons (Fsp3) is 0.269. The van der Waals surface area contributed by atoms with E-state index >= 15 is 0 Å². The first-order chi connectivity index (χ1) is 15.3. The molecule has 0 N–H and O–H groups in total. The van der Waals surface area contributed by atoms with E-state index in [2.05, 4.69) is 16.0 Å². The van der Waals surface area contributed by atoms with Crippen LogP contribution in [0, 0.1) is 11.3 Å². The number of hydrogen-bond donors (Lipinski definition) is 0. The number of aromatic nitrogens is 2. The van der Waals surface area contributed by atoms with Gasteiger partial charge in [-0.1, -0.05) is 55.3 Å². The van der Waals surface area contributed by atoms with Crippen LogP contribution in [-0.4, -0.2) is 17.1 Å². The Morgan fingerprint density at radius 2 is 1.68 bits per heavy atom. The summed E-state index contributed by atoms with van der Waals surface area (Å²) in [7, 11) is 1.67. The summed E-state index contributed by atoms with van der Waals surface area (Å²) in [5.74, 6) is 1.61. The molecule has 5 heteroatoms. The smallest absolute Gasteiger partial charge is 0.230 e. The molecule has 2 heterocycles. The molecule has 5 nitrogen and oxygen atoms in total. The molecule has 0 aliphatic heterocycles. The zero-order valence-electron chi connectivity index (χ0n) is 17.7. The van der Waals surface area contributed by atoms with Crippen molar-refractivity contribution < 1.29 is 9.15 Å². The van der Waals surface area contributed by atoms with Crippen LogP contribution in [0.5, 0.6) is 5.75 Å². The minimum absolute atomic E-state index is 0.610. The summed E-state index contributed by atoms with van der Waals surface area (Å²) in [6.45, 7) is 0. The summed E-state index contributed by atoms with van der Waals surface area (Å²) in [5, 5.41) is 9.68. The lowest BCUT2D eigenvalue weighted by Crippen LogP contribution is -1.94. The van der Waals surface area contributed by atoms with Gasteiger partial charge in [0.25, 0.3) is 0 Å². The van der Waals surface area contributed by atoms with Gasteiger partial charge in [0.1, 0.15) is 17.8 Å². The van der Waals surface area contributed by atoms with E-state index in [0.717, 1.165) is 71.4 Å². The summed E-state index contributed by atoms with van der Waals surface area (Å²) in [6.07, 6.45) is 7.18. The molecule has 0 atom stereocenters. The number of rotatable bonds is 9. The van der Waals surface area contributed by atoms with E-state index in [-0.39, 0.29) is 0 Å². The minimum Gasteiger partial charge on any atom is -0.497 e. The van der Waals surface area contributed by atoms with Crippen LogP contribution in [0.4, 0.5) is 0 Å². The molecule has 2 aromatic heterocycles. The molecule has 0 aliphatic carbocycles. The molecule has 0 radical (unpaired) electrons. The van der Waals surface area contributed by atoms with E-state index in [4.69, 9.17) is 14.4 Å². The highest BCUT2D eigenvalue weighted by Crippen LogP contribution is 2.41. The molecule has 0 aliphatic rings. The first kappa shape index (κ1) is 20.6. The van der Waals surface area contributed by atoms with Crippen LogP contribution in [0.3, 0.4) is 0 Å². The second-order valence-corrected chi connectivity index (χ2v) is 7.47. The number of nitriles is 1. The number of nitrogens with zero attached hydrogens (tertiary/aromatic N) is 3. The fourth-order valence-corrected chi connectivity index (χ4v) is 3.86. The molecule has 0 saturated heterocycles. The molecule has 156 valence electrons. The highest BCUT2D eigenvalue weighted by Gasteiger charge is 2.21. The van der Waals surface area contributed by atoms with Gasteiger partial charge < -0.3 is 9.15 Å². The standard InChI is InChI=1S/C26H25N3O2/c1-30-21-15-13-19(14-16-21)23-24-22(12-8-3-2-4-9-17-27)28-18-29-26(24)31-25(23)20-10-6-5-7-11-20/h5-7,10-11,13-16,18H,2-4,8-9,12H2,1H3. The van der Waals surface area contributed by atoms with Gasteiger partial charge in [0.05, 0.1) is 24.3 Å². The van der Waals surface area contributed by atoms with Gasteiger partial charge in [0, 0.05) is 17.5 Å². The Bertz CT molecular complexity index is 1180. The lowest BCUT2D eigenvalue weighted by atomic mass is 9.97. The van der Waals surface area contributed by atoms with Gasteiger partial charge >= 0.3 is 0 Å². The molecule has 2 aromatic carbocycles. The minimum atomic E-state index is 0.610. The molecule has 0 spiro atoms. The van der Waals surface area contributed by atoms with Crippen molar-refractivity contribution in [3.8, 4) is 34.3 Å². The summed E-state index contributed by atoms with van der Waals surface area (Å²) in [6, 6.07) is 20.3. The molecule has 4 aromatic rings. The van der Waals surface area contributed by atoms with Crippen LogP contribution in [0.25, 0.3) is 33.6 Å². The molecule has 0 unspecified atom stereocenters. The third-order valence-electron chi connectivity index (χ3n) is 5.43. The normalized spacial score (nSPS) is 10.8. The average Bonchev–Trinajstić information content (AvgIpc) is 3.22. The Kier molecular flexibility index (Phi) is 6.59. The van der Waals surface area contributed by atoms with Crippen LogP contribution in [0.15, 0.2) is 65.3 Å². The number of fused-ring (bicyclic) bond motifs is 1. The average molecular weight is 412 g/mol. The Labute approximate surface area is 182 Å². The number of hydrogen-bond acceptors (Lipinski definition) is 5. The Morgan fingerprint density at radius 3 is 2.42 bits per heavy atom. The van der Waals surface area contributed by atoms with Crippen LogP contribution < -0.4 is 4.74 Å². The van der Waals surface area contributed by atoms with Gasteiger partial charge in [0.15, 0.2) is 0 Å². The number of methoxy groups -OCH3 is 1. The number of benzene rings is 2. The molecular formula is C26H25N3O2. The third-order valence-corrected chi connectivity index (χ3v) is 5.43. The molecular weight excluding hydrogens is 386 g/mol. The van der Waals surface area contributed by atoms with Crippen molar-refractivity contribution in [3.63, 3.8) is 0 Å². The topological polar surface area (TPSA) is 71.9 Å². The largest absolute Gasteiger partial charge is 0.497 e. The number of ether oxygens (including phenoxy) is 1. The second-order valence-electron chi connectivity index (χ2n) is 7.47. The van der Waals surface area contributed by atoms with Crippen molar-refractivity contribution in [1.82, 2.24) is 9.97 Å². The predicted octanol–water partition coefficient (Wildman–Crippen LogP) is 6.58. The summed E-state index contributed by atoms with van der Waals surface area (Å²) < 4.78 is 11.6. The van der Waals surface area contributed by atoms with Crippen molar-refractivity contribution in [2.45, 2.75) is 38.5 Å². The van der Waals surface area contributed by atoms with E-state index in [1.54, 1.807) is 13.4 Å². The number of unbranched alkanes of at least 4 members (excludes halogenated alkanes) is 4. The second kappa shape index (κ2) is 9.90. The SMILES string of the molecule is COc1ccc(-c2c(-c3ccccc3)oc3ncnc(CCCCCCC#N)c23)cc1. The van der Waals surface area contributed by atoms with Crippen molar-refractivity contribution >= 4 is 11.1 Å². The number of aryl methyl sites for hydroxylation is 1. The molecule has 0 fully saturated rings. The first-order valence-corrected chi connectivity index (χ1v) is 10.6. The maximum absolute atomic E-state index is 8.70. The quantitative estimate of drug-likeness (QED) is 0.291. The number of furan rings is 1. The predicted molar refractivity (Wildman–Crippen MR) is 122 cm³/mol. The maximum atomic E-state index is 8.70. The van der Waals surface area contributed by atoms with Crippen molar-refractivity contribution in [3.05, 3.63) is 66.6 Å². The van der Waals surface area contributed by atoms with Crippen molar-refractivity contribution in [2.24, 2.45) is 0 Å². The van der Waals surface area contributed by atoms with Gasteiger partial charge in [-0.3, -0.25) is 0 Å². The van der Waals surface area contributed by atoms with Crippen LogP contribution in [0.2, 0.25) is 0 Å². The monoisotopic (exact) mass is 411 g/mol. The van der Waals surface area contributed by atoms with Gasteiger partial charge in [0.2, 0.25) is 5.71 Å². The fourth-order valence-electron chi connectivity index (χ4n) is 3.86. The Balaban J connectivity index is 1.76. The zero-order valence-corrected chi connectivity index (χ0v) is 17.7. The van der Waals surface area contributed by atoms with Gasteiger partial charge in [-0.2, -0.15) is 5.26 Å². The van der Waals surface area contributed by atoms with Gasteiger partial charge in [-0.25, -0.2) is 9.97 Å². The van der Waals surface area contributed by atoms with Gasteiger partial charge in [-0.05, 0) is 37.0 Å². The summed E-state index contributed by atoms with van der Waals surface area (Å²) >= 11 is 0. The molecule has 0 amide bonds. The Hall–Kier alpha value is -3.65. The van der Waals surface area contributed by atoms with E-state index < -0.39 is 0 Å². The molecule has 31 heavy (non-hydrogen) atoms. The van der Waals surface area contributed by atoms with E-state index in [1.807, 2.05) is 54.6 Å². The zero-order chi connectivity index (χ0) is 21.5. The molecule has 4 rings (SSSR count). The van der Waals surface area contributed by atoms with E-state index in [0.29, 0.717) is 12.1 Å². The summed E-state index contributed by atoms with van der Waals surface area (Å²) in [4.78, 5) is 9.06. The van der Waals surface area contributed by atoms with Crippen LogP contribution in [0.1, 0.15) is 37.8 Å². The molecule has 0 saturated carbocycles. The lowest BCUT2D eigenvalue weighted by molar-refractivity contribution is 0.415. The highest BCUT2D eigenvalue weighted by atomic mass is 16.5. The first-order valence-electron chi connectivity index (χ1n) is 10.6. The van der Waals surface area contributed by atoms with Crippen molar-refractivity contribution in [2.75, 3.05) is 7.11 Å². The highest BCUT2D eigenvalue weighted by molar-refractivity contribution is 6.01. The van der Waals surface area contributed by atoms with E-state index in [1.165, 1.54) is 0 Å². The van der Waals surface area contributed by atoms with Crippen LogP contribution >= 0.6 is 0 Å².